The lowest BCUT2D eigenvalue weighted by Gasteiger charge is -2.26. The third-order valence-electron chi connectivity index (χ3n) is 2.47. The topological polar surface area (TPSA) is 40.5 Å². The zero-order chi connectivity index (χ0) is 9.90. The molecular weight excluding hydrogens is 166 g/mol. The van der Waals surface area contributed by atoms with Crippen LogP contribution in [0.5, 0.6) is 0 Å². The van der Waals surface area contributed by atoms with Crippen molar-refractivity contribution in [3.63, 3.8) is 0 Å². The zero-order valence-corrected chi connectivity index (χ0v) is 7.70. The van der Waals surface area contributed by atoms with Crippen LogP contribution in [0.25, 0.3) is 0 Å². The number of hydrogen-bond donors (Lipinski definition) is 1. The quantitative estimate of drug-likeness (QED) is 0.661. The number of carbonyl (C=O) groups is 1. The Kier molecular flexibility index (Phi) is 2.76. The van der Waals surface area contributed by atoms with Crippen molar-refractivity contribution in [3.05, 3.63) is 25.3 Å². The van der Waals surface area contributed by atoms with E-state index in [4.69, 9.17) is 5.11 Å². The summed E-state index contributed by atoms with van der Waals surface area (Å²) in [7, 11) is 0. The molecule has 0 aromatic heterocycles. The van der Waals surface area contributed by atoms with Crippen molar-refractivity contribution in [1.82, 2.24) is 4.90 Å². The number of hydrogen-bond acceptors (Lipinski definition) is 1. The Hall–Kier alpha value is -1.25. The highest BCUT2D eigenvalue weighted by atomic mass is 16.4. The second-order valence-corrected chi connectivity index (χ2v) is 3.32. The van der Waals surface area contributed by atoms with Crippen molar-refractivity contribution in [2.45, 2.75) is 24.8 Å². The van der Waals surface area contributed by atoms with Gasteiger partial charge >= 0.3 is 6.09 Å². The van der Waals surface area contributed by atoms with Crippen molar-refractivity contribution < 1.29 is 9.90 Å². The summed E-state index contributed by atoms with van der Waals surface area (Å²) in [5, 5.41) is 8.95. The Bertz CT molecular complexity index is 231. The van der Waals surface area contributed by atoms with Gasteiger partial charge in [0.1, 0.15) is 0 Å². The Labute approximate surface area is 78.4 Å². The van der Waals surface area contributed by atoms with Crippen molar-refractivity contribution in [2.24, 2.45) is 0 Å². The van der Waals surface area contributed by atoms with Gasteiger partial charge in [0.25, 0.3) is 0 Å². The van der Waals surface area contributed by atoms with E-state index in [1.165, 1.54) is 4.90 Å². The molecule has 72 valence electrons. The van der Waals surface area contributed by atoms with Gasteiger partial charge in [-0.2, -0.15) is 0 Å². The normalized spacial score (nSPS) is 17.5. The second kappa shape index (κ2) is 3.64. The van der Waals surface area contributed by atoms with Crippen LogP contribution in [-0.2, 0) is 0 Å². The van der Waals surface area contributed by atoms with Crippen LogP contribution in [0.3, 0.4) is 0 Å². The third kappa shape index (κ3) is 1.91. The molecule has 0 aliphatic heterocycles. The monoisotopic (exact) mass is 181 g/mol. The average Bonchev–Trinajstić information content (AvgIpc) is 2.86. The molecule has 0 bridgehead atoms. The summed E-state index contributed by atoms with van der Waals surface area (Å²) in [4.78, 5) is 12.4. The summed E-state index contributed by atoms with van der Waals surface area (Å²) in [6, 6.07) is 0. The number of amides is 1. The van der Waals surface area contributed by atoms with Gasteiger partial charge in [0.2, 0.25) is 0 Å². The Balaban J connectivity index is 2.62. The molecule has 13 heavy (non-hydrogen) atoms. The van der Waals surface area contributed by atoms with E-state index >= 15 is 0 Å². The molecular formula is C10H15NO2. The third-order valence-corrected chi connectivity index (χ3v) is 2.47. The molecule has 0 atom stereocenters. The van der Waals surface area contributed by atoms with E-state index in [9.17, 15) is 4.79 Å². The Morgan fingerprint density at radius 1 is 1.54 bits per heavy atom. The lowest BCUT2D eigenvalue weighted by molar-refractivity contribution is 0.130. The van der Waals surface area contributed by atoms with E-state index in [0.29, 0.717) is 13.0 Å². The molecule has 0 spiro atoms. The van der Waals surface area contributed by atoms with Gasteiger partial charge in [-0.1, -0.05) is 12.2 Å². The van der Waals surface area contributed by atoms with Gasteiger partial charge in [0.15, 0.2) is 0 Å². The minimum Gasteiger partial charge on any atom is -0.465 e. The molecule has 1 N–H and O–H groups in total. The maximum Gasteiger partial charge on any atom is 0.408 e. The predicted molar refractivity (Wildman–Crippen MR) is 51.7 cm³/mol. The molecule has 0 aromatic rings. The highest BCUT2D eigenvalue weighted by Crippen LogP contribution is 2.42. The first-order valence-corrected chi connectivity index (χ1v) is 4.41. The fraction of sp³-hybridized carbons (Fsp3) is 0.500. The van der Waals surface area contributed by atoms with Gasteiger partial charge in [-0.25, -0.2) is 4.79 Å². The fourth-order valence-electron chi connectivity index (χ4n) is 1.44. The summed E-state index contributed by atoms with van der Waals surface area (Å²) in [6.45, 7) is 7.77. The maximum atomic E-state index is 10.9. The molecule has 1 fully saturated rings. The van der Waals surface area contributed by atoms with Crippen molar-refractivity contribution in [2.75, 3.05) is 6.54 Å². The van der Waals surface area contributed by atoms with E-state index in [1.54, 1.807) is 12.2 Å². The lowest BCUT2D eigenvalue weighted by atomic mass is 10.2. The van der Waals surface area contributed by atoms with Crippen molar-refractivity contribution in [3.8, 4) is 0 Å². The molecule has 0 radical (unpaired) electrons. The van der Waals surface area contributed by atoms with E-state index in [2.05, 4.69) is 13.2 Å². The molecule has 3 heteroatoms. The van der Waals surface area contributed by atoms with Gasteiger partial charge < -0.3 is 5.11 Å². The van der Waals surface area contributed by atoms with Crippen LogP contribution in [0.15, 0.2) is 25.3 Å². The van der Waals surface area contributed by atoms with Gasteiger partial charge in [-0.3, -0.25) is 4.90 Å². The number of rotatable bonds is 5. The largest absolute Gasteiger partial charge is 0.465 e. The molecule has 0 unspecified atom stereocenters. The van der Waals surface area contributed by atoms with Crippen molar-refractivity contribution in [1.29, 1.82) is 0 Å². The summed E-state index contributed by atoms with van der Waals surface area (Å²) >= 11 is 0. The molecule has 1 aliphatic rings. The van der Waals surface area contributed by atoms with Crippen molar-refractivity contribution >= 4 is 6.09 Å². The van der Waals surface area contributed by atoms with E-state index in [0.717, 1.165) is 12.8 Å². The first-order valence-electron chi connectivity index (χ1n) is 4.41. The van der Waals surface area contributed by atoms with Crippen LogP contribution in [-0.4, -0.2) is 28.2 Å². The van der Waals surface area contributed by atoms with Gasteiger partial charge in [0.05, 0.1) is 5.54 Å². The average molecular weight is 181 g/mol. The predicted octanol–water partition coefficient (Wildman–Crippen LogP) is 2.26. The van der Waals surface area contributed by atoms with Crippen LogP contribution in [0.4, 0.5) is 4.79 Å². The van der Waals surface area contributed by atoms with Gasteiger partial charge in [-0.15, -0.1) is 13.2 Å². The summed E-state index contributed by atoms with van der Waals surface area (Å²) in [6.07, 6.45) is 5.11. The van der Waals surface area contributed by atoms with E-state index in [1.807, 2.05) is 0 Å². The molecule has 0 heterocycles. The van der Waals surface area contributed by atoms with Crippen LogP contribution in [0, 0.1) is 0 Å². The number of carboxylic acid groups (broad SMARTS) is 1. The molecule has 1 amide bonds. The Morgan fingerprint density at radius 2 is 2.15 bits per heavy atom. The first kappa shape index (κ1) is 9.84. The highest BCUT2D eigenvalue weighted by molar-refractivity contribution is 5.67. The summed E-state index contributed by atoms with van der Waals surface area (Å²) < 4.78 is 0. The van der Waals surface area contributed by atoms with Crippen LogP contribution >= 0.6 is 0 Å². The standard InChI is InChI=1S/C10H15NO2/c1-3-5-8-11(9(12)13)10(4-2)6-7-10/h3-4H,1-2,5-8H2,(H,12,13). The summed E-state index contributed by atoms with van der Waals surface area (Å²) in [5.74, 6) is 0. The molecule has 3 nitrogen and oxygen atoms in total. The maximum absolute atomic E-state index is 10.9. The minimum absolute atomic E-state index is 0.269. The van der Waals surface area contributed by atoms with Crippen LogP contribution < -0.4 is 0 Å². The smallest absolute Gasteiger partial charge is 0.408 e. The molecule has 1 rings (SSSR count). The minimum atomic E-state index is -0.862. The summed E-state index contributed by atoms with van der Waals surface area (Å²) in [5.41, 5.74) is -0.269. The number of nitrogens with zero attached hydrogens (tertiary/aromatic N) is 1. The fourth-order valence-corrected chi connectivity index (χ4v) is 1.44. The zero-order valence-electron chi connectivity index (χ0n) is 7.70. The SMILES string of the molecule is C=CCCN(C(=O)O)C1(C=C)CC1. The van der Waals surface area contributed by atoms with E-state index in [-0.39, 0.29) is 5.54 Å². The molecule has 0 aromatic carbocycles. The van der Waals surface area contributed by atoms with Crippen LogP contribution in [0.2, 0.25) is 0 Å². The Morgan fingerprint density at radius 3 is 2.46 bits per heavy atom. The molecule has 1 aliphatic carbocycles. The highest BCUT2D eigenvalue weighted by Gasteiger charge is 2.47. The van der Waals surface area contributed by atoms with Gasteiger partial charge in [-0.05, 0) is 19.3 Å². The first-order chi connectivity index (χ1) is 6.16. The molecule has 1 saturated carbocycles. The van der Waals surface area contributed by atoms with E-state index < -0.39 is 6.09 Å². The van der Waals surface area contributed by atoms with Gasteiger partial charge in [0, 0.05) is 6.54 Å². The molecule has 0 saturated heterocycles. The second-order valence-electron chi connectivity index (χ2n) is 3.32. The van der Waals surface area contributed by atoms with Crippen LogP contribution in [0.1, 0.15) is 19.3 Å². The lowest BCUT2D eigenvalue weighted by Crippen LogP contribution is -2.40.